The third-order valence-electron chi connectivity index (χ3n) is 4.76. The van der Waals surface area contributed by atoms with Crippen LogP contribution in [-0.2, 0) is 8.85 Å². The van der Waals surface area contributed by atoms with Gasteiger partial charge in [-0.2, -0.15) is 0 Å². The van der Waals surface area contributed by atoms with Gasteiger partial charge < -0.3 is 8.85 Å². The standard InChI is InChI=1S/C18H32O2Si/c1-3-17(15-11-7-5-8-12-15)19-21-20-18(4-2)16-13-9-6-10-14-16/h11,13,17-18H,3-10,12,14,21H2,1-2H3. The summed E-state index contributed by atoms with van der Waals surface area (Å²) in [6.07, 6.45) is 17.9. The molecule has 2 aliphatic rings. The van der Waals surface area contributed by atoms with Gasteiger partial charge >= 0.3 is 10.0 Å². The van der Waals surface area contributed by atoms with Gasteiger partial charge in [0.15, 0.2) is 0 Å². The smallest absolute Gasteiger partial charge is 0.305 e. The Morgan fingerprint density at radius 2 is 1.33 bits per heavy atom. The molecule has 21 heavy (non-hydrogen) atoms. The van der Waals surface area contributed by atoms with Crippen molar-refractivity contribution in [1.82, 2.24) is 0 Å². The third kappa shape index (κ3) is 5.39. The van der Waals surface area contributed by atoms with Crippen LogP contribution in [0.25, 0.3) is 0 Å². The first-order valence-corrected chi connectivity index (χ1v) is 10.1. The monoisotopic (exact) mass is 308 g/mol. The molecule has 120 valence electrons. The van der Waals surface area contributed by atoms with Crippen LogP contribution in [0, 0.1) is 0 Å². The van der Waals surface area contributed by atoms with Crippen molar-refractivity contribution in [2.75, 3.05) is 0 Å². The van der Waals surface area contributed by atoms with Crippen LogP contribution in [0.15, 0.2) is 23.3 Å². The molecule has 0 spiro atoms. The van der Waals surface area contributed by atoms with E-state index in [-0.39, 0.29) is 0 Å². The van der Waals surface area contributed by atoms with Crippen molar-refractivity contribution in [2.45, 2.75) is 90.3 Å². The quantitative estimate of drug-likeness (QED) is 0.483. The lowest BCUT2D eigenvalue weighted by Gasteiger charge is -2.26. The fourth-order valence-corrected chi connectivity index (χ4v) is 4.80. The Balaban J connectivity index is 1.78. The van der Waals surface area contributed by atoms with Crippen LogP contribution in [0.2, 0.25) is 0 Å². The Labute approximate surface area is 133 Å². The molecule has 3 heteroatoms. The van der Waals surface area contributed by atoms with Crippen LogP contribution in [0.1, 0.15) is 78.1 Å². The summed E-state index contributed by atoms with van der Waals surface area (Å²) in [5, 5.41) is 0. The molecular formula is C18H32O2Si. The summed E-state index contributed by atoms with van der Waals surface area (Å²) in [6.45, 7) is 4.46. The highest BCUT2D eigenvalue weighted by atomic mass is 28.3. The second kappa shape index (κ2) is 9.60. The van der Waals surface area contributed by atoms with E-state index < -0.39 is 10.0 Å². The van der Waals surface area contributed by atoms with E-state index in [1.165, 1.54) is 62.5 Å². The van der Waals surface area contributed by atoms with Crippen molar-refractivity contribution in [3.63, 3.8) is 0 Å². The van der Waals surface area contributed by atoms with Gasteiger partial charge in [-0.25, -0.2) is 0 Å². The van der Waals surface area contributed by atoms with Gasteiger partial charge in [0, 0.05) is 0 Å². The molecule has 2 rings (SSSR count). The third-order valence-corrected chi connectivity index (χ3v) is 5.84. The molecule has 2 unspecified atom stereocenters. The Hall–Kier alpha value is -0.383. The van der Waals surface area contributed by atoms with E-state index in [4.69, 9.17) is 8.85 Å². The summed E-state index contributed by atoms with van der Waals surface area (Å²) in [4.78, 5) is 0. The molecule has 0 aliphatic heterocycles. The van der Waals surface area contributed by atoms with Crippen molar-refractivity contribution in [1.29, 1.82) is 0 Å². The SMILES string of the molecule is CCC(O[SiH2]OC(CC)C1=CCCCC1)C1=CCCCC1. The van der Waals surface area contributed by atoms with Crippen LogP contribution >= 0.6 is 0 Å². The van der Waals surface area contributed by atoms with Crippen LogP contribution in [0.5, 0.6) is 0 Å². The van der Waals surface area contributed by atoms with E-state index in [1.54, 1.807) is 0 Å². The molecule has 0 saturated carbocycles. The first-order valence-electron chi connectivity index (χ1n) is 8.96. The maximum absolute atomic E-state index is 6.18. The molecule has 0 heterocycles. The lowest BCUT2D eigenvalue weighted by molar-refractivity contribution is 0.140. The van der Waals surface area contributed by atoms with Crippen molar-refractivity contribution in [3.8, 4) is 0 Å². The van der Waals surface area contributed by atoms with Crippen LogP contribution in [0.3, 0.4) is 0 Å². The van der Waals surface area contributed by atoms with Gasteiger partial charge in [-0.3, -0.25) is 0 Å². The zero-order valence-electron chi connectivity index (χ0n) is 13.9. The van der Waals surface area contributed by atoms with E-state index in [2.05, 4.69) is 26.0 Å². The van der Waals surface area contributed by atoms with Crippen molar-refractivity contribution in [3.05, 3.63) is 23.3 Å². The minimum atomic E-state index is -0.877. The molecule has 2 aliphatic carbocycles. The van der Waals surface area contributed by atoms with E-state index in [0.29, 0.717) is 12.2 Å². The molecule has 0 aromatic rings. The van der Waals surface area contributed by atoms with Crippen molar-refractivity contribution < 1.29 is 8.85 Å². The summed E-state index contributed by atoms with van der Waals surface area (Å²) < 4.78 is 12.4. The zero-order valence-corrected chi connectivity index (χ0v) is 15.3. The van der Waals surface area contributed by atoms with Gasteiger partial charge in [-0.05, 0) is 75.4 Å². The largest absolute Gasteiger partial charge is 0.392 e. The number of rotatable bonds is 8. The van der Waals surface area contributed by atoms with Crippen molar-refractivity contribution >= 4 is 10.0 Å². The van der Waals surface area contributed by atoms with Gasteiger partial charge in [0.2, 0.25) is 0 Å². The molecule has 2 nitrogen and oxygen atoms in total. The number of allylic oxidation sites excluding steroid dienone is 2. The molecule has 0 N–H and O–H groups in total. The summed E-state index contributed by atoms with van der Waals surface area (Å²) in [5.41, 5.74) is 3.06. The topological polar surface area (TPSA) is 18.5 Å². The minimum absolute atomic E-state index is 0.329. The van der Waals surface area contributed by atoms with Gasteiger partial charge in [0.1, 0.15) is 0 Å². The van der Waals surface area contributed by atoms with Gasteiger partial charge in [-0.15, -0.1) is 0 Å². The molecular weight excluding hydrogens is 276 g/mol. The predicted octanol–water partition coefficient (Wildman–Crippen LogP) is 4.58. The minimum Gasteiger partial charge on any atom is -0.392 e. The maximum Gasteiger partial charge on any atom is 0.305 e. The molecule has 2 atom stereocenters. The number of hydrogen-bond donors (Lipinski definition) is 0. The lowest BCUT2D eigenvalue weighted by Crippen LogP contribution is -2.25. The Kier molecular flexibility index (Phi) is 7.76. The summed E-state index contributed by atoms with van der Waals surface area (Å²) in [6, 6.07) is 0. The highest BCUT2D eigenvalue weighted by Crippen LogP contribution is 2.25. The van der Waals surface area contributed by atoms with Crippen molar-refractivity contribution in [2.24, 2.45) is 0 Å². The fraction of sp³-hybridized carbons (Fsp3) is 0.778. The van der Waals surface area contributed by atoms with E-state index in [9.17, 15) is 0 Å². The molecule has 0 bridgehead atoms. The molecule has 0 radical (unpaired) electrons. The Bertz CT molecular complexity index is 328. The van der Waals surface area contributed by atoms with Crippen LogP contribution < -0.4 is 0 Å². The first-order chi connectivity index (χ1) is 10.3. The van der Waals surface area contributed by atoms with Gasteiger partial charge in [0.25, 0.3) is 0 Å². The average Bonchev–Trinajstić information content (AvgIpc) is 2.57. The average molecular weight is 309 g/mol. The normalized spacial score (nSPS) is 23.0. The second-order valence-electron chi connectivity index (χ2n) is 6.29. The summed E-state index contributed by atoms with van der Waals surface area (Å²) in [5.74, 6) is 0. The Morgan fingerprint density at radius 3 is 1.67 bits per heavy atom. The fourth-order valence-electron chi connectivity index (χ4n) is 3.49. The molecule has 0 amide bonds. The second-order valence-corrected chi connectivity index (χ2v) is 7.20. The molecule has 0 aromatic heterocycles. The molecule has 0 fully saturated rings. The highest BCUT2D eigenvalue weighted by Gasteiger charge is 2.18. The van der Waals surface area contributed by atoms with Crippen LogP contribution in [-0.4, -0.2) is 22.2 Å². The Morgan fingerprint density at radius 1 is 0.857 bits per heavy atom. The van der Waals surface area contributed by atoms with Crippen LogP contribution in [0.4, 0.5) is 0 Å². The lowest BCUT2D eigenvalue weighted by atomic mass is 9.94. The highest BCUT2D eigenvalue weighted by molar-refractivity contribution is 6.18. The molecule has 0 saturated heterocycles. The zero-order chi connectivity index (χ0) is 14.9. The van der Waals surface area contributed by atoms with Gasteiger partial charge in [-0.1, -0.05) is 26.0 Å². The van der Waals surface area contributed by atoms with E-state index >= 15 is 0 Å². The number of hydrogen-bond acceptors (Lipinski definition) is 2. The van der Waals surface area contributed by atoms with Gasteiger partial charge in [0.05, 0.1) is 12.2 Å². The maximum atomic E-state index is 6.18. The predicted molar refractivity (Wildman–Crippen MR) is 92.0 cm³/mol. The first kappa shape index (κ1) is 17.0. The summed E-state index contributed by atoms with van der Waals surface area (Å²) in [7, 11) is -0.877. The summed E-state index contributed by atoms with van der Waals surface area (Å²) >= 11 is 0. The van der Waals surface area contributed by atoms with E-state index in [0.717, 1.165) is 12.8 Å². The molecule has 0 aromatic carbocycles. The van der Waals surface area contributed by atoms with E-state index in [1.807, 2.05) is 0 Å².